The smallest absolute Gasteiger partial charge is 0.339 e. The number of halogens is 1. The Morgan fingerprint density at radius 2 is 1.89 bits per heavy atom. The van der Waals surface area contributed by atoms with Gasteiger partial charge in [0, 0.05) is 22.2 Å². The summed E-state index contributed by atoms with van der Waals surface area (Å²) in [6.45, 7) is 0. The molecule has 0 aromatic heterocycles. The highest BCUT2D eigenvalue weighted by Gasteiger charge is 2.20. The fourth-order valence-corrected chi connectivity index (χ4v) is 3.26. The first kappa shape index (κ1) is 20.1. The Balaban J connectivity index is 2.46. The molecule has 0 aliphatic rings. The van der Waals surface area contributed by atoms with Gasteiger partial charge in [-0.2, -0.15) is 13.7 Å². The largest absolute Gasteiger partial charge is 0.378 e. The van der Waals surface area contributed by atoms with Gasteiger partial charge in [0.15, 0.2) is 0 Å². The van der Waals surface area contributed by atoms with E-state index in [1.807, 2.05) is 0 Å². The zero-order chi connectivity index (χ0) is 20.2. The molecular weight excluding hydrogens is 442 g/mol. The fraction of sp³-hybridized carbons (Fsp3) is 0. The van der Waals surface area contributed by atoms with Gasteiger partial charge in [-0.25, -0.2) is 0 Å². The molecule has 11 heteroatoms. The molecule has 0 saturated carbocycles. The van der Waals surface area contributed by atoms with Crippen molar-refractivity contribution >= 4 is 43.7 Å². The maximum absolute atomic E-state index is 12.4. The van der Waals surface area contributed by atoms with Crippen LogP contribution in [0.2, 0.25) is 0 Å². The van der Waals surface area contributed by atoms with Crippen molar-refractivity contribution in [2.75, 3.05) is 0 Å². The lowest BCUT2D eigenvalue weighted by Crippen LogP contribution is -2.13. The summed E-state index contributed by atoms with van der Waals surface area (Å²) in [4.78, 5) is 20.9. The van der Waals surface area contributed by atoms with E-state index in [0.29, 0.717) is 4.47 Å². The van der Waals surface area contributed by atoms with Crippen LogP contribution in [0.25, 0.3) is 6.08 Å². The van der Waals surface area contributed by atoms with Crippen LogP contribution in [-0.2, 0) is 14.9 Å². The molecule has 0 atom stereocenters. The number of rotatable bonds is 6. The van der Waals surface area contributed by atoms with Crippen LogP contribution in [-0.4, -0.2) is 19.2 Å². The number of carbonyl (C=O) groups excluding carboxylic acids is 1. The van der Waals surface area contributed by atoms with Gasteiger partial charge in [-0.05, 0) is 36.4 Å². The normalized spacial score (nSPS) is 11.5. The maximum atomic E-state index is 12.4. The predicted molar refractivity (Wildman–Crippen MR) is 97.8 cm³/mol. The summed E-state index contributed by atoms with van der Waals surface area (Å²) in [5.41, 5.74) is 4.53. The van der Waals surface area contributed by atoms with E-state index in [4.69, 9.17) is 15.2 Å². The van der Waals surface area contributed by atoms with Crippen molar-refractivity contribution in [2.24, 2.45) is 5.73 Å². The highest BCUT2D eigenvalue weighted by molar-refractivity contribution is 9.10. The molecule has 27 heavy (non-hydrogen) atoms. The van der Waals surface area contributed by atoms with Crippen molar-refractivity contribution in [3.8, 4) is 11.8 Å². The lowest BCUT2D eigenvalue weighted by molar-refractivity contribution is -0.384. The number of nitro benzene ring substituents is 1. The summed E-state index contributed by atoms with van der Waals surface area (Å²) in [7, 11) is -4.32. The molecule has 2 aromatic rings. The molecule has 2 rings (SSSR count). The van der Waals surface area contributed by atoms with Gasteiger partial charge >= 0.3 is 10.1 Å². The van der Waals surface area contributed by atoms with E-state index in [1.54, 1.807) is 6.07 Å². The van der Waals surface area contributed by atoms with Crippen molar-refractivity contribution in [1.29, 1.82) is 5.26 Å². The molecule has 0 fully saturated rings. The molecule has 0 aliphatic heterocycles. The molecule has 0 heterocycles. The number of nitro groups is 1. The van der Waals surface area contributed by atoms with Gasteiger partial charge in [0.25, 0.3) is 11.6 Å². The molecule has 0 unspecified atom stereocenters. The Kier molecular flexibility index (Phi) is 5.94. The quantitative estimate of drug-likeness (QED) is 0.232. The second-order valence-electron chi connectivity index (χ2n) is 5.00. The van der Waals surface area contributed by atoms with Crippen LogP contribution in [0, 0.1) is 21.4 Å². The van der Waals surface area contributed by atoms with E-state index in [0.717, 1.165) is 30.3 Å². The summed E-state index contributed by atoms with van der Waals surface area (Å²) in [6.07, 6.45) is 1.09. The number of carbonyl (C=O) groups is 1. The molecule has 9 nitrogen and oxygen atoms in total. The van der Waals surface area contributed by atoms with E-state index in [2.05, 4.69) is 15.9 Å². The molecule has 138 valence electrons. The minimum absolute atomic E-state index is 0.116. The van der Waals surface area contributed by atoms with Gasteiger partial charge in [0.05, 0.1) is 4.92 Å². The van der Waals surface area contributed by atoms with E-state index in [1.165, 1.54) is 18.2 Å². The Labute approximate surface area is 162 Å². The van der Waals surface area contributed by atoms with Crippen LogP contribution in [0.4, 0.5) is 5.69 Å². The monoisotopic (exact) mass is 451 g/mol. The SMILES string of the molecule is N#C/C(=C\c1cc(Br)ccc1OS(=O)(=O)c1ccc([N+](=O)[O-])cc1)C(N)=O. The molecule has 2 aromatic carbocycles. The average Bonchev–Trinajstić information content (AvgIpc) is 2.61. The van der Waals surface area contributed by atoms with Crippen LogP contribution in [0.15, 0.2) is 57.4 Å². The first-order valence-corrected chi connectivity index (χ1v) is 9.24. The van der Waals surface area contributed by atoms with Gasteiger partial charge < -0.3 is 9.92 Å². The Morgan fingerprint density at radius 1 is 1.26 bits per heavy atom. The summed E-state index contributed by atoms with van der Waals surface area (Å²) in [5.74, 6) is -1.15. The molecule has 0 radical (unpaired) electrons. The van der Waals surface area contributed by atoms with Crippen LogP contribution in [0.3, 0.4) is 0 Å². The van der Waals surface area contributed by atoms with Crippen LogP contribution in [0.5, 0.6) is 5.75 Å². The van der Waals surface area contributed by atoms with Gasteiger partial charge in [0.2, 0.25) is 0 Å². The third-order valence-corrected chi connectivity index (χ3v) is 4.94. The lowest BCUT2D eigenvalue weighted by atomic mass is 10.1. The fourth-order valence-electron chi connectivity index (χ4n) is 1.92. The van der Waals surface area contributed by atoms with Crippen LogP contribution in [0.1, 0.15) is 5.56 Å². The molecular formula is C16H10BrN3O6S. The summed E-state index contributed by atoms with van der Waals surface area (Å²) in [5, 5.41) is 19.6. The highest BCUT2D eigenvalue weighted by Crippen LogP contribution is 2.28. The first-order chi connectivity index (χ1) is 12.6. The molecule has 0 aliphatic carbocycles. The first-order valence-electron chi connectivity index (χ1n) is 7.04. The number of hydrogen-bond acceptors (Lipinski definition) is 7. The van der Waals surface area contributed by atoms with Crippen molar-refractivity contribution in [1.82, 2.24) is 0 Å². The van der Waals surface area contributed by atoms with Gasteiger partial charge in [-0.1, -0.05) is 15.9 Å². The Bertz CT molecular complexity index is 1090. The standard InChI is InChI=1S/C16H10BrN3O6S/c17-12-1-6-15(10(8-12)7-11(9-18)16(19)21)26-27(24,25)14-4-2-13(3-5-14)20(22)23/h1-8H,(H2,19,21)/b11-7+. The maximum Gasteiger partial charge on any atom is 0.339 e. The number of benzene rings is 2. The number of non-ortho nitro benzene ring substituents is 1. The highest BCUT2D eigenvalue weighted by atomic mass is 79.9. The van der Waals surface area contributed by atoms with Crippen molar-refractivity contribution in [2.45, 2.75) is 4.90 Å². The van der Waals surface area contributed by atoms with Crippen molar-refractivity contribution in [3.05, 3.63) is 68.2 Å². The topological polar surface area (TPSA) is 153 Å². The molecule has 1 amide bonds. The van der Waals surface area contributed by atoms with E-state index >= 15 is 0 Å². The number of primary amides is 1. The zero-order valence-corrected chi connectivity index (χ0v) is 15.7. The van der Waals surface area contributed by atoms with Crippen LogP contribution >= 0.6 is 15.9 Å². The van der Waals surface area contributed by atoms with Crippen molar-refractivity contribution < 1.29 is 22.3 Å². The Morgan fingerprint density at radius 3 is 2.41 bits per heavy atom. The summed E-state index contributed by atoms with van der Waals surface area (Å²) in [6, 6.07) is 9.97. The number of amides is 1. The average molecular weight is 452 g/mol. The number of nitrogens with two attached hydrogens (primary N) is 1. The van der Waals surface area contributed by atoms with E-state index < -0.39 is 26.5 Å². The number of hydrogen-bond donors (Lipinski definition) is 1. The zero-order valence-electron chi connectivity index (χ0n) is 13.3. The van der Waals surface area contributed by atoms with Gasteiger partial charge in [0.1, 0.15) is 22.3 Å². The second kappa shape index (κ2) is 7.98. The summed E-state index contributed by atoms with van der Waals surface area (Å²) < 4.78 is 30.5. The third-order valence-electron chi connectivity index (χ3n) is 3.19. The minimum Gasteiger partial charge on any atom is -0.378 e. The molecule has 0 saturated heterocycles. The van der Waals surface area contributed by atoms with E-state index in [9.17, 15) is 23.3 Å². The minimum atomic E-state index is -4.32. The van der Waals surface area contributed by atoms with Crippen molar-refractivity contribution in [3.63, 3.8) is 0 Å². The van der Waals surface area contributed by atoms with E-state index in [-0.39, 0.29) is 21.9 Å². The third kappa shape index (κ3) is 4.90. The van der Waals surface area contributed by atoms with Gasteiger partial charge in [-0.3, -0.25) is 14.9 Å². The molecule has 0 bridgehead atoms. The lowest BCUT2D eigenvalue weighted by Gasteiger charge is -2.10. The van der Waals surface area contributed by atoms with Crippen LogP contribution < -0.4 is 9.92 Å². The van der Waals surface area contributed by atoms with Gasteiger partial charge in [-0.15, -0.1) is 0 Å². The molecule has 0 spiro atoms. The predicted octanol–water partition coefficient (Wildman–Crippen LogP) is 2.52. The number of nitriles is 1. The molecule has 2 N–H and O–H groups in total. The summed E-state index contributed by atoms with van der Waals surface area (Å²) >= 11 is 3.19. The number of nitrogens with zero attached hydrogens (tertiary/aromatic N) is 2. The Hall–Kier alpha value is -3.23. The second-order valence-corrected chi connectivity index (χ2v) is 7.47.